The molecule has 0 aromatic heterocycles. The van der Waals surface area contributed by atoms with Gasteiger partial charge in [-0.05, 0) is 51.5 Å². The van der Waals surface area contributed by atoms with Crippen molar-refractivity contribution in [3.05, 3.63) is 24.3 Å². The van der Waals surface area contributed by atoms with Gasteiger partial charge in [0.25, 0.3) is 0 Å². The minimum atomic E-state index is -2.66. The van der Waals surface area contributed by atoms with Crippen molar-refractivity contribution >= 4 is 20.4 Å². The summed E-state index contributed by atoms with van der Waals surface area (Å²) in [5.74, 6) is 0.724. The Bertz CT molecular complexity index is 463. The zero-order valence-corrected chi connectivity index (χ0v) is 16.1. The van der Waals surface area contributed by atoms with Crippen molar-refractivity contribution < 1.29 is 22.8 Å². The van der Waals surface area contributed by atoms with Gasteiger partial charge in [-0.1, -0.05) is 0 Å². The molecule has 1 rings (SSSR count). The lowest BCUT2D eigenvalue weighted by Crippen LogP contribution is -2.46. The van der Waals surface area contributed by atoms with E-state index in [-0.39, 0.29) is 5.91 Å². The van der Waals surface area contributed by atoms with Crippen LogP contribution < -0.4 is 10.1 Å². The van der Waals surface area contributed by atoms with E-state index in [0.29, 0.717) is 38.7 Å². The quantitative estimate of drug-likeness (QED) is 0.582. The Morgan fingerprint density at radius 2 is 1.54 bits per heavy atom. The number of hydrogen-bond acceptors (Lipinski definition) is 5. The van der Waals surface area contributed by atoms with Crippen LogP contribution in [0.3, 0.4) is 0 Å². The lowest BCUT2D eigenvalue weighted by atomic mass is 10.2. The molecule has 0 atom stereocenters. The van der Waals surface area contributed by atoms with Gasteiger partial charge in [-0.15, -0.1) is 0 Å². The molecular formula is C17H29NO5Si. The van der Waals surface area contributed by atoms with E-state index in [0.717, 1.165) is 11.4 Å². The summed E-state index contributed by atoms with van der Waals surface area (Å²) in [6, 6.07) is 7.89. The number of benzene rings is 1. The molecule has 0 radical (unpaired) electrons. The lowest BCUT2D eigenvalue weighted by molar-refractivity contribution is -0.116. The molecule has 0 aliphatic carbocycles. The van der Waals surface area contributed by atoms with Crippen molar-refractivity contribution in [2.24, 2.45) is 0 Å². The lowest BCUT2D eigenvalue weighted by Gasteiger charge is -2.28. The minimum absolute atomic E-state index is 0.0347. The number of carbonyl (C=O) groups excluding carboxylic acids is 1. The van der Waals surface area contributed by atoms with Crippen molar-refractivity contribution in [2.75, 3.05) is 32.2 Å². The van der Waals surface area contributed by atoms with E-state index in [1.165, 1.54) is 0 Å². The van der Waals surface area contributed by atoms with Crippen LogP contribution in [0, 0.1) is 0 Å². The van der Waals surface area contributed by atoms with E-state index in [9.17, 15) is 4.79 Å². The van der Waals surface area contributed by atoms with E-state index in [2.05, 4.69) is 5.32 Å². The molecular weight excluding hydrogens is 326 g/mol. The van der Waals surface area contributed by atoms with Gasteiger partial charge in [0.05, 0.1) is 7.11 Å². The highest BCUT2D eigenvalue weighted by molar-refractivity contribution is 6.60. The first kappa shape index (κ1) is 20.6. The fourth-order valence-corrected chi connectivity index (χ4v) is 4.98. The van der Waals surface area contributed by atoms with Crippen molar-refractivity contribution in [1.29, 1.82) is 0 Å². The second kappa shape index (κ2) is 11.2. The number of carbonyl (C=O) groups is 1. The van der Waals surface area contributed by atoms with Crippen LogP contribution in [0.5, 0.6) is 5.75 Å². The molecule has 24 heavy (non-hydrogen) atoms. The smallest absolute Gasteiger partial charge is 0.497 e. The van der Waals surface area contributed by atoms with E-state index in [4.69, 9.17) is 18.0 Å². The van der Waals surface area contributed by atoms with Gasteiger partial charge in [-0.25, -0.2) is 0 Å². The van der Waals surface area contributed by atoms with Crippen LogP contribution >= 0.6 is 0 Å². The Balaban J connectivity index is 2.48. The van der Waals surface area contributed by atoms with Crippen LogP contribution in [0.15, 0.2) is 24.3 Å². The summed E-state index contributed by atoms with van der Waals surface area (Å²) in [6.07, 6.45) is 1.06. The molecule has 136 valence electrons. The predicted octanol–water partition coefficient (Wildman–Crippen LogP) is 3.46. The van der Waals surface area contributed by atoms with E-state index < -0.39 is 8.80 Å². The van der Waals surface area contributed by atoms with E-state index >= 15 is 0 Å². The number of methoxy groups -OCH3 is 1. The van der Waals surface area contributed by atoms with Crippen molar-refractivity contribution in [3.63, 3.8) is 0 Å². The first-order chi connectivity index (χ1) is 11.6. The number of anilines is 1. The molecule has 0 spiro atoms. The zero-order chi connectivity index (χ0) is 17.8. The first-order valence-electron chi connectivity index (χ1n) is 8.44. The number of amides is 1. The number of nitrogens with one attached hydrogen (secondary N) is 1. The van der Waals surface area contributed by atoms with Crippen LogP contribution in [-0.2, 0) is 18.1 Å². The molecule has 0 unspecified atom stereocenters. The average molecular weight is 356 g/mol. The SMILES string of the molecule is CCO[Si](CCCC(=O)Nc1ccc(OC)cc1)(OCC)OCC. The molecule has 7 heteroatoms. The monoisotopic (exact) mass is 355 g/mol. The van der Waals surface area contributed by atoms with Gasteiger partial charge < -0.3 is 23.3 Å². The molecule has 6 nitrogen and oxygen atoms in total. The van der Waals surface area contributed by atoms with Gasteiger partial charge in [-0.2, -0.15) is 0 Å². The highest BCUT2D eigenvalue weighted by Gasteiger charge is 2.39. The summed E-state index contributed by atoms with van der Waals surface area (Å²) >= 11 is 0. The fraction of sp³-hybridized carbons (Fsp3) is 0.588. The normalized spacial score (nSPS) is 11.3. The molecule has 0 fully saturated rings. The van der Waals surface area contributed by atoms with Gasteiger partial charge in [0.2, 0.25) is 5.91 Å². The Morgan fingerprint density at radius 1 is 1.00 bits per heavy atom. The number of ether oxygens (including phenoxy) is 1. The van der Waals surface area contributed by atoms with Gasteiger partial charge in [0, 0.05) is 38.0 Å². The number of rotatable bonds is 12. The maximum atomic E-state index is 12.1. The third-order valence-electron chi connectivity index (χ3n) is 3.35. The summed E-state index contributed by atoms with van der Waals surface area (Å²) in [5, 5.41) is 2.87. The topological polar surface area (TPSA) is 66.0 Å². The van der Waals surface area contributed by atoms with Crippen LogP contribution in [-0.4, -0.2) is 41.6 Å². The van der Waals surface area contributed by atoms with Crippen LogP contribution in [0.1, 0.15) is 33.6 Å². The highest BCUT2D eigenvalue weighted by Crippen LogP contribution is 2.20. The van der Waals surface area contributed by atoms with Crippen LogP contribution in [0.2, 0.25) is 6.04 Å². The van der Waals surface area contributed by atoms with E-state index in [1.54, 1.807) is 7.11 Å². The Labute approximate surface area is 145 Å². The summed E-state index contributed by atoms with van der Waals surface area (Å²) < 4.78 is 22.5. The predicted molar refractivity (Wildman–Crippen MR) is 96.3 cm³/mol. The molecule has 1 amide bonds. The molecule has 1 N–H and O–H groups in total. The van der Waals surface area contributed by atoms with Crippen LogP contribution in [0.4, 0.5) is 5.69 Å². The van der Waals surface area contributed by atoms with Crippen molar-refractivity contribution in [1.82, 2.24) is 0 Å². The Hall–Kier alpha value is -1.41. The van der Waals surface area contributed by atoms with Crippen molar-refractivity contribution in [3.8, 4) is 5.75 Å². The van der Waals surface area contributed by atoms with Gasteiger partial charge in [0.1, 0.15) is 5.75 Å². The molecule has 1 aromatic rings. The molecule has 0 saturated carbocycles. The fourth-order valence-electron chi connectivity index (χ4n) is 2.36. The van der Waals surface area contributed by atoms with E-state index in [1.807, 2.05) is 45.0 Å². The molecule has 0 aliphatic heterocycles. The Kier molecular flexibility index (Phi) is 9.62. The zero-order valence-electron chi connectivity index (χ0n) is 15.1. The average Bonchev–Trinajstić information content (AvgIpc) is 2.56. The van der Waals surface area contributed by atoms with Gasteiger partial charge in [0.15, 0.2) is 0 Å². The standard InChI is InChI=1S/C17H29NO5Si/c1-5-21-24(22-6-2,23-7-3)14-8-9-17(19)18-15-10-12-16(20-4)13-11-15/h10-13H,5-9,14H2,1-4H3,(H,18,19). The molecule has 1 aromatic carbocycles. The summed E-state index contributed by atoms with van der Waals surface area (Å²) in [6.45, 7) is 7.42. The largest absolute Gasteiger partial charge is 0.500 e. The van der Waals surface area contributed by atoms with Gasteiger partial charge in [-0.3, -0.25) is 4.79 Å². The first-order valence-corrected chi connectivity index (χ1v) is 10.4. The third kappa shape index (κ3) is 7.00. The van der Waals surface area contributed by atoms with Crippen molar-refractivity contribution in [2.45, 2.75) is 39.7 Å². The summed E-state index contributed by atoms with van der Waals surface area (Å²) in [7, 11) is -1.05. The second-order valence-electron chi connectivity index (χ2n) is 5.11. The van der Waals surface area contributed by atoms with Gasteiger partial charge >= 0.3 is 8.80 Å². The summed E-state index contributed by atoms with van der Waals surface area (Å²) in [4.78, 5) is 12.1. The number of hydrogen-bond donors (Lipinski definition) is 1. The molecule has 0 saturated heterocycles. The molecule has 0 heterocycles. The maximum absolute atomic E-state index is 12.1. The highest BCUT2D eigenvalue weighted by atomic mass is 28.4. The third-order valence-corrected chi connectivity index (χ3v) is 6.50. The summed E-state index contributed by atoms with van der Waals surface area (Å²) in [5.41, 5.74) is 0.753. The minimum Gasteiger partial charge on any atom is -0.497 e. The molecule has 0 aliphatic rings. The Morgan fingerprint density at radius 3 is 2.00 bits per heavy atom. The molecule has 0 bridgehead atoms. The maximum Gasteiger partial charge on any atom is 0.500 e. The van der Waals surface area contributed by atoms with Crippen LogP contribution in [0.25, 0.3) is 0 Å². The second-order valence-corrected chi connectivity index (χ2v) is 7.84.